The van der Waals surface area contributed by atoms with Gasteiger partial charge in [0, 0.05) is 5.57 Å². The lowest BCUT2D eigenvalue weighted by molar-refractivity contribution is -0.143. The van der Waals surface area contributed by atoms with Crippen LogP contribution in [0.2, 0.25) is 0 Å². The summed E-state index contributed by atoms with van der Waals surface area (Å²) in [4.78, 5) is 11.3. The van der Waals surface area contributed by atoms with Crippen molar-refractivity contribution in [2.45, 2.75) is 54.1 Å². The van der Waals surface area contributed by atoms with Crippen molar-refractivity contribution in [3.05, 3.63) is 12.2 Å². The SMILES string of the molecule is C=C(C)C(=O)OCC(O)C(CC(C)(C)C)C(C)C. The fraction of sp³-hybridized carbons (Fsp3) is 0.800. The molecule has 0 saturated heterocycles. The smallest absolute Gasteiger partial charge is 0.333 e. The van der Waals surface area contributed by atoms with Crippen LogP contribution in [0.15, 0.2) is 12.2 Å². The van der Waals surface area contributed by atoms with Gasteiger partial charge < -0.3 is 9.84 Å². The van der Waals surface area contributed by atoms with Crippen LogP contribution in [-0.2, 0) is 9.53 Å². The number of rotatable bonds is 6. The molecular formula is C15H28O3. The molecule has 0 aromatic heterocycles. The van der Waals surface area contributed by atoms with E-state index in [1.807, 2.05) is 0 Å². The highest BCUT2D eigenvalue weighted by atomic mass is 16.5. The number of esters is 1. The second-order valence-corrected chi connectivity index (χ2v) is 6.62. The van der Waals surface area contributed by atoms with Crippen LogP contribution in [0.3, 0.4) is 0 Å². The highest BCUT2D eigenvalue weighted by Gasteiger charge is 2.28. The maximum Gasteiger partial charge on any atom is 0.333 e. The van der Waals surface area contributed by atoms with E-state index in [1.54, 1.807) is 6.92 Å². The van der Waals surface area contributed by atoms with Gasteiger partial charge in [0.05, 0.1) is 6.10 Å². The number of hydrogen-bond donors (Lipinski definition) is 1. The maximum atomic E-state index is 11.3. The third-order valence-electron chi connectivity index (χ3n) is 2.93. The molecule has 0 saturated carbocycles. The molecule has 0 amide bonds. The minimum atomic E-state index is -0.618. The van der Waals surface area contributed by atoms with E-state index in [-0.39, 0.29) is 17.9 Å². The Hall–Kier alpha value is -0.830. The molecule has 0 spiro atoms. The Morgan fingerprint density at radius 2 is 1.83 bits per heavy atom. The lowest BCUT2D eigenvalue weighted by Crippen LogP contribution is -2.33. The summed E-state index contributed by atoms with van der Waals surface area (Å²) in [5.74, 6) is 0.0398. The van der Waals surface area contributed by atoms with Crippen LogP contribution in [0.1, 0.15) is 48.0 Å². The summed E-state index contributed by atoms with van der Waals surface area (Å²) in [5.41, 5.74) is 0.507. The van der Waals surface area contributed by atoms with Crippen molar-refractivity contribution in [1.82, 2.24) is 0 Å². The lowest BCUT2D eigenvalue weighted by atomic mass is 9.77. The molecule has 1 N–H and O–H groups in total. The zero-order valence-corrected chi connectivity index (χ0v) is 12.6. The predicted molar refractivity (Wildman–Crippen MR) is 74.2 cm³/mol. The molecule has 0 aliphatic heterocycles. The largest absolute Gasteiger partial charge is 0.460 e. The first-order chi connectivity index (χ1) is 8.04. The Kier molecular flexibility index (Phi) is 6.61. The van der Waals surface area contributed by atoms with Crippen LogP contribution in [0.25, 0.3) is 0 Å². The predicted octanol–water partition coefficient (Wildman–Crippen LogP) is 3.18. The van der Waals surface area contributed by atoms with Gasteiger partial charge in [0.1, 0.15) is 6.61 Å². The number of carbonyl (C=O) groups excluding carboxylic acids is 1. The second kappa shape index (κ2) is 6.93. The molecule has 2 atom stereocenters. The average Bonchev–Trinajstić information content (AvgIpc) is 2.20. The number of carbonyl (C=O) groups is 1. The van der Waals surface area contributed by atoms with Crippen molar-refractivity contribution >= 4 is 5.97 Å². The first-order valence-corrected chi connectivity index (χ1v) is 6.55. The van der Waals surface area contributed by atoms with Gasteiger partial charge in [-0.05, 0) is 30.6 Å². The van der Waals surface area contributed by atoms with Crippen LogP contribution in [0, 0.1) is 17.3 Å². The molecule has 0 aliphatic rings. The van der Waals surface area contributed by atoms with Crippen molar-refractivity contribution in [3.63, 3.8) is 0 Å². The van der Waals surface area contributed by atoms with E-state index < -0.39 is 12.1 Å². The van der Waals surface area contributed by atoms with Crippen molar-refractivity contribution in [1.29, 1.82) is 0 Å². The topological polar surface area (TPSA) is 46.5 Å². The molecule has 0 rings (SSSR count). The van der Waals surface area contributed by atoms with Gasteiger partial charge in [-0.2, -0.15) is 0 Å². The van der Waals surface area contributed by atoms with Gasteiger partial charge in [0.2, 0.25) is 0 Å². The number of ether oxygens (including phenoxy) is 1. The van der Waals surface area contributed by atoms with E-state index in [2.05, 4.69) is 41.2 Å². The van der Waals surface area contributed by atoms with E-state index in [1.165, 1.54) is 0 Å². The van der Waals surface area contributed by atoms with E-state index in [4.69, 9.17) is 4.74 Å². The molecule has 0 aromatic rings. The molecule has 18 heavy (non-hydrogen) atoms. The zero-order valence-electron chi connectivity index (χ0n) is 12.6. The molecule has 0 bridgehead atoms. The molecule has 2 unspecified atom stereocenters. The fourth-order valence-corrected chi connectivity index (χ4v) is 1.93. The highest BCUT2D eigenvalue weighted by molar-refractivity contribution is 5.86. The average molecular weight is 256 g/mol. The van der Waals surface area contributed by atoms with Gasteiger partial charge in [0.15, 0.2) is 0 Å². The summed E-state index contributed by atoms with van der Waals surface area (Å²) in [7, 11) is 0. The first-order valence-electron chi connectivity index (χ1n) is 6.55. The van der Waals surface area contributed by atoms with Crippen molar-refractivity contribution in [2.24, 2.45) is 17.3 Å². The maximum absolute atomic E-state index is 11.3. The quantitative estimate of drug-likeness (QED) is 0.586. The van der Waals surface area contributed by atoms with Gasteiger partial charge in [0.25, 0.3) is 0 Å². The van der Waals surface area contributed by atoms with E-state index in [9.17, 15) is 9.90 Å². The molecule has 106 valence electrons. The molecule has 3 nitrogen and oxygen atoms in total. The molecule has 3 heteroatoms. The Bertz CT molecular complexity index is 287. The summed E-state index contributed by atoms with van der Waals surface area (Å²) in [6.07, 6.45) is 0.281. The van der Waals surface area contributed by atoms with Gasteiger partial charge in [-0.15, -0.1) is 0 Å². The van der Waals surface area contributed by atoms with Crippen LogP contribution in [0.4, 0.5) is 0 Å². The summed E-state index contributed by atoms with van der Waals surface area (Å²) in [6.45, 7) is 15.8. The standard InChI is InChI=1S/C15H28O3/c1-10(2)12(8-15(5,6)7)13(16)9-18-14(17)11(3)4/h10,12-13,16H,3,8-9H2,1-2,4-7H3. The molecule has 0 radical (unpaired) electrons. The molecular weight excluding hydrogens is 228 g/mol. The normalized spacial score (nSPS) is 15.3. The van der Waals surface area contributed by atoms with Gasteiger partial charge >= 0.3 is 5.97 Å². The van der Waals surface area contributed by atoms with Crippen molar-refractivity contribution < 1.29 is 14.6 Å². The molecule has 0 aromatic carbocycles. The van der Waals surface area contributed by atoms with Crippen molar-refractivity contribution in [3.8, 4) is 0 Å². The highest BCUT2D eigenvalue weighted by Crippen LogP contribution is 2.31. The third-order valence-corrected chi connectivity index (χ3v) is 2.93. The Labute approximate surface area is 111 Å². The molecule has 0 aliphatic carbocycles. The summed E-state index contributed by atoms with van der Waals surface area (Å²) in [6, 6.07) is 0. The molecule has 0 heterocycles. The van der Waals surface area contributed by atoms with Crippen LogP contribution in [0.5, 0.6) is 0 Å². The monoisotopic (exact) mass is 256 g/mol. The minimum absolute atomic E-state index is 0.0463. The van der Waals surface area contributed by atoms with Gasteiger partial charge in [-0.1, -0.05) is 41.2 Å². The molecule has 0 fully saturated rings. The number of hydrogen-bond acceptors (Lipinski definition) is 3. The van der Waals surface area contributed by atoms with Crippen molar-refractivity contribution in [2.75, 3.05) is 6.61 Å². The third kappa shape index (κ3) is 6.80. The number of aliphatic hydroxyl groups excluding tert-OH is 1. The number of aliphatic hydroxyl groups is 1. The fourth-order valence-electron chi connectivity index (χ4n) is 1.93. The van der Waals surface area contributed by atoms with Crippen LogP contribution < -0.4 is 0 Å². The lowest BCUT2D eigenvalue weighted by Gasteiger charge is -2.32. The van der Waals surface area contributed by atoms with E-state index in [0.717, 1.165) is 6.42 Å². The van der Waals surface area contributed by atoms with E-state index in [0.29, 0.717) is 11.5 Å². The summed E-state index contributed by atoms with van der Waals surface area (Å²) >= 11 is 0. The first kappa shape index (κ1) is 17.2. The summed E-state index contributed by atoms with van der Waals surface area (Å²) in [5, 5.41) is 10.2. The minimum Gasteiger partial charge on any atom is -0.460 e. The second-order valence-electron chi connectivity index (χ2n) is 6.62. The van der Waals surface area contributed by atoms with Gasteiger partial charge in [-0.3, -0.25) is 0 Å². The van der Waals surface area contributed by atoms with Gasteiger partial charge in [-0.25, -0.2) is 4.79 Å². The summed E-state index contributed by atoms with van der Waals surface area (Å²) < 4.78 is 5.02. The van der Waals surface area contributed by atoms with Crippen LogP contribution >= 0.6 is 0 Å². The van der Waals surface area contributed by atoms with Crippen LogP contribution in [-0.4, -0.2) is 23.8 Å². The Balaban J connectivity index is 4.45. The zero-order chi connectivity index (χ0) is 14.5. The van der Waals surface area contributed by atoms with E-state index >= 15 is 0 Å². The Morgan fingerprint density at radius 1 is 1.33 bits per heavy atom. The Morgan fingerprint density at radius 3 is 2.17 bits per heavy atom.